The molecule has 0 bridgehead atoms. The second-order valence-electron chi connectivity index (χ2n) is 3.57. The number of hydrogen-bond acceptors (Lipinski definition) is 3. The zero-order valence-electron chi connectivity index (χ0n) is 9.13. The van der Waals surface area contributed by atoms with Gasteiger partial charge in [-0.3, -0.25) is 9.78 Å². The highest BCUT2D eigenvalue weighted by Gasteiger charge is 2.15. The monoisotopic (exact) mass is 245 g/mol. The van der Waals surface area contributed by atoms with Gasteiger partial charge in [-0.1, -0.05) is 18.2 Å². The van der Waals surface area contributed by atoms with Crippen molar-refractivity contribution in [2.45, 2.75) is 0 Å². The molecule has 0 fully saturated rings. The Morgan fingerprint density at radius 2 is 1.61 bits per heavy atom. The molecule has 0 amide bonds. The number of carboxylic acids is 1. The quantitative estimate of drug-likeness (QED) is 0.664. The maximum Gasteiger partial charge on any atom is 0.378 e. The fraction of sp³-hybridized carbons (Fsp3) is 0. The lowest BCUT2D eigenvalue weighted by Crippen LogP contribution is -2.14. The van der Waals surface area contributed by atoms with Gasteiger partial charge in [0.15, 0.2) is 0 Å². The van der Waals surface area contributed by atoms with E-state index in [4.69, 9.17) is 5.11 Å². The third-order valence-electron chi connectivity index (χ3n) is 2.37. The van der Waals surface area contributed by atoms with Crippen molar-refractivity contribution >= 4 is 11.8 Å². The molecular formula is C13H8FNO3. The van der Waals surface area contributed by atoms with E-state index in [1.807, 2.05) is 0 Å². The summed E-state index contributed by atoms with van der Waals surface area (Å²) in [5, 5.41) is 8.52. The molecule has 0 aliphatic heterocycles. The van der Waals surface area contributed by atoms with Gasteiger partial charge in [0.1, 0.15) is 11.5 Å². The van der Waals surface area contributed by atoms with Crippen LogP contribution in [0.3, 0.4) is 0 Å². The van der Waals surface area contributed by atoms with Crippen molar-refractivity contribution in [3.8, 4) is 11.1 Å². The van der Waals surface area contributed by atoms with Crippen LogP contribution in [0.1, 0.15) is 10.5 Å². The average Bonchev–Trinajstić information content (AvgIpc) is 2.39. The van der Waals surface area contributed by atoms with Gasteiger partial charge < -0.3 is 5.11 Å². The maximum atomic E-state index is 12.7. The van der Waals surface area contributed by atoms with Gasteiger partial charge in [-0.15, -0.1) is 0 Å². The van der Waals surface area contributed by atoms with E-state index in [0.29, 0.717) is 5.56 Å². The van der Waals surface area contributed by atoms with Crippen molar-refractivity contribution in [2.24, 2.45) is 0 Å². The van der Waals surface area contributed by atoms with Crippen LogP contribution in [0.4, 0.5) is 4.39 Å². The predicted octanol–water partition coefficient (Wildman–Crippen LogP) is 2.16. The highest BCUT2D eigenvalue weighted by Crippen LogP contribution is 2.18. The minimum absolute atomic E-state index is 0.131. The second-order valence-corrected chi connectivity index (χ2v) is 3.57. The summed E-state index contributed by atoms with van der Waals surface area (Å²) < 4.78 is 12.7. The Bertz CT molecular complexity index is 591. The van der Waals surface area contributed by atoms with Crippen LogP contribution in [0.15, 0.2) is 42.6 Å². The molecule has 0 saturated heterocycles. The Morgan fingerprint density at radius 1 is 1.00 bits per heavy atom. The van der Waals surface area contributed by atoms with Crippen LogP contribution in [0.5, 0.6) is 0 Å². The molecule has 1 aromatic heterocycles. The predicted molar refractivity (Wildman–Crippen MR) is 61.6 cm³/mol. The fourth-order valence-corrected chi connectivity index (χ4v) is 1.45. The number of carbonyl (C=O) groups is 2. The Kier molecular flexibility index (Phi) is 3.14. The first-order valence-electron chi connectivity index (χ1n) is 5.07. The number of benzene rings is 1. The molecule has 4 nitrogen and oxygen atoms in total. The van der Waals surface area contributed by atoms with Crippen molar-refractivity contribution < 1.29 is 19.1 Å². The van der Waals surface area contributed by atoms with Crippen molar-refractivity contribution in [3.63, 3.8) is 0 Å². The third-order valence-corrected chi connectivity index (χ3v) is 2.37. The number of carboxylic acid groups (broad SMARTS) is 1. The molecule has 0 atom stereocenters. The number of pyridine rings is 1. The number of aromatic nitrogens is 1. The minimum atomic E-state index is -1.54. The van der Waals surface area contributed by atoms with E-state index in [1.165, 1.54) is 24.4 Å². The fourth-order valence-electron chi connectivity index (χ4n) is 1.45. The zero-order valence-corrected chi connectivity index (χ0v) is 9.13. The van der Waals surface area contributed by atoms with Gasteiger partial charge >= 0.3 is 5.97 Å². The Labute approximate surface area is 102 Å². The van der Waals surface area contributed by atoms with E-state index in [9.17, 15) is 14.0 Å². The molecule has 0 aliphatic carbocycles. The van der Waals surface area contributed by atoms with E-state index in [-0.39, 0.29) is 11.5 Å². The number of rotatable bonds is 3. The molecule has 2 aromatic rings. The number of ketones is 1. The SMILES string of the molecule is O=C(O)C(=O)c1ccc(-c2ccc(F)cc2)cn1. The molecule has 2 rings (SSSR count). The van der Waals surface area contributed by atoms with Gasteiger partial charge in [0, 0.05) is 11.8 Å². The number of carbonyl (C=O) groups excluding carboxylic acids is 1. The number of nitrogens with zero attached hydrogens (tertiary/aromatic N) is 1. The first-order valence-corrected chi connectivity index (χ1v) is 5.07. The minimum Gasteiger partial charge on any atom is -0.475 e. The smallest absolute Gasteiger partial charge is 0.378 e. The molecule has 0 spiro atoms. The lowest BCUT2D eigenvalue weighted by Gasteiger charge is -2.01. The van der Waals surface area contributed by atoms with Crippen molar-refractivity contribution in [1.29, 1.82) is 0 Å². The Balaban J connectivity index is 2.30. The normalized spacial score (nSPS) is 10.1. The molecule has 18 heavy (non-hydrogen) atoms. The van der Waals surface area contributed by atoms with E-state index in [2.05, 4.69) is 4.98 Å². The number of Topliss-reactive ketones (excluding diaryl/α,β-unsaturated/α-hetero) is 1. The first-order chi connectivity index (χ1) is 8.58. The largest absolute Gasteiger partial charge is 0.475 e. The van der Waals surface area contributed by atoms with E-state index in [0.717, 1.165) is 5.56 Å². The van der Waals surface area contributed by atoms with Crippen LogP contribution in [0.2, 0.25) is 0 Å². The lowest BCUT2D eigenvalue weighted by molar-refractivity contribution is -0.131. The van der Waals surface area contributed by atoms with E-state index >= 15 is 0 Å². The highest BCUT2D eigenvalue weighted by molar-refractivity contribution is 6.39. The summed E-state index contributed by atoms with van der Waals surface area (Å²) in [6.45, 7) is 0. The highest BCUT2D eigenvalue weighted by atomic mass is 19.1. The van der Waals surface area contributed by atoms with Gasteiger partial charge in [0.2, 0.25) is 0 Å². The molecule has 1 heterocycles. The molecule has 0 aliphatic rings. The summed E-state index contributed by atoms with van der Waals surface area (Å²) in [4.78, 5) is 25.4. The summed E-state index contributed by atoms with van der Waals surface area (Å²) in [5.74, 6) is -2.94. The molecule has 0 saturated carbocycles. The van der Waals surface area contributed by atoms with Crippen LogP contribution >= 0.6 is 0 Å². The maximum absolute atomic E-state index is 12.7. The molecule has 90 valence electrons. The molecule has 1 N–H and O–H groups in total. The summed E-state index contributed by atoms with van der Waals surface area (Å²) in [7, 11) is 0. The molecule has 5 heteroatoms. The number of hydrogen-bond donors (Lipinski definition) is 1. The third kappa shape index (κ3) is 2.40. The summed E-state index contributed by atoms with van der Waals surface area (Å²) in [6, 6.07) is 8.67. The summed E-state index contributed by atoms with van der Waals surface area (Å²) in [5.41, 5.74) is 1.28. The lowest BCUT2D eigenvalue weighted by atomic mass is 10.1. The summed E-state index contributed by atoms with van der Waals surface area (Å²) >= 11 is 0. The molecular weight excluding hydrogens is 237 g/mol. The topological polar surface area (TPSA) is 67.3 Å². The zero-order chi connectivity index (χ0) is 13.1. The molecule has 1 aromatic carbocycles. The van der Waals surface area contributed by atoms with Gasteiger partial charge in [0.25, 0.3) is 5.78 Å². The summed E-state index contributed by atoms with van der Waals surface area (Å²) in [6.07, 6.45) is 1.38. The van der Waals surface area contributed by atoms with E-state index < -0.39 is 11.8 Å². The van der Waals surface area contributed by atoms with Crippen LogP contribution in [0, 0.1) is 5.82 Å². The first kappa shape index (κ1) is 11.9. The second kappa shape index (κ2) is 4.75. The van der Waals surface area contributed by atoms with Crippen LogP contribution in [0.25, 0.3) is 11.1 Å². The van der Waals surface area contributed by atoms with Gasteiger partial charge in [-0.25, -0.2) is 9.18 Å². The Morgan fingerprint density at radius 3 is 2.11 bits per heavy atom. The van der Waals surface area contributed by atoms with Gasteiger partial charge in [-0.05, 0) is 23.8 Å². The van der Waals surface area contributed by atoms with Crippen molar-refractivity contribution in [1.82, 2.24) is 4.98 Å². The average molecular weight is 245 g/mol. The van der Waals surface area contributed by atoms with Crippen LogP contribution in [-0.2, 0) is 4.79 Å². The molecule has 0 unspecified atom stereocenters. The Hall–Kier alpha value is -2.56. The van der Waals surface area contributed by atoms with Gasteiger partial charge in [0.05, 0.1) is 0 Å². The number of halogens is 1. The van der Waals surface area contributed by atoms with Gasteiger partial charge in [-0.2, -0.15) is 0 Å². The molecule has 0 radical (unpaired) electrons. The van der Waals surface area contributed by atoms with E-state index in [1.54, 1.807) is 18.2 Å². The van der Waals surface area contributed by atoms with Crippen LogP contribution < -0.4 is 0 Å². The standard InChI is InChI=1S/C13H8FNO3/c14-10-4-1-8(2-5-10)9-3-6-11(15-7-9)12(16)13(17)18/h1-7H,(H,17,18). The van der Waals surface area contributed by atoms with Crippen LogP contribution in [-0.4, -0.2) is 21.8 Å². The van der Waals surface area contributed by atoms with Crippen molar-refractivity contribution in [2.75, 3.05) is 0 Å². The van der Waals surface area contributed by atoms with Crippen molar-refractivity contribution in [3.05, 3.63) is 54.1 Å². The number of aliphatic carboxylic acids is 1.